The van der Waals surface area contributed by atoms with Crippen molar-refractivity contribution < 1.29 is 0 Å². The smallest absolute Gasteiger partial charge is 0.0229 e. The van der Waals surface area contributed by atoms with Crippen molar-refractivity contribution in [1.82, 2.24) is 5.32 Å². The monoisotopic (exact) mass is 138 g/mol. The average Bonchev–Trinajstić information content (AvgIpc) is 2.30. The molecule has 0 aromatic carbocycles. The summed E-state index contributed by atoms with van der Waals surface area (Å²) in [5.74, 6) is 0.583. The molecule has 2 nitrogen and oxygen atoms in total. The number of nitrogens with one attached hydrogen (secondary N) is 2. The van der Waals surface area contributed by atoms with Crippen LogP contribution in [-0.2, 0) is 0 Å². The minimum atomic E-state index is 0.583. The fourth-order valence-electron chi connectivity index (χ4n) is 1.46. The second kappa shape index (κ2) is 2.86. The minimum Gasteiger partial charge on any atom is -0.391 e. The molecule has 0 aliphatic heterocycles. The molecule has 1 rings (SSSR count). The predicted molar refractivity (Wildman–Crippen MR) is 43.3 cm³/mol. The van der Waals surface area contributed by atoms with Gasteiger partial charge < -0.3 is 10.7 Å². The second-order valence-electron chi connectivity index (χ2n) is 2.77. The molecule has 56 valence electrons. The lowest BCUT2D eigenvalue weighted by atomic mass is 10.1. The first kappa shape index (κ1) is 7.32. The number of rotatable bonds is 2. The van der Waals surface area contributed by atoms with E-state index in [9.17, 15) is 0 Å². The molecular weight excluding hydrogens is 124 g/mol. The van der Waals surface area contributed by atoms with E-state index >= 15 is 0 Å². The molecular formula is C8H14N2. The van der Waals surface area contributed by atoms with Crippen LogP contribution in [0.3, 0.4) is 0 Å². The molecule has 0 aromatic heterocycles. The highest BCUT2D eigenvalue weighted by molar-refractivity contribution is 5.78. The average molecular weight is 138 g/mol. The third-order valence-electron chi connectivity index (χ3n) is 2.16. The summed E-state index contributed by atoms with van der Waals surface area (Å²) in [6, 6.07) is 0. The van der Waals surface area contributed by atoms with Gasteiger partial charge in [0.05, 0.1) is 0 Å². The van der Waals surface area contributed by atoms with E-state index in [1.807, 2.05) is 7.05 Å². The van der Waals surface area contributed by atoms with Crippen molar-refractivity contribution >= 4 is 6.21 Å². The van der Waals surface area contributed by atoms with Crippen LogP contribution in [0.1, 0.15) is 19.8 Å². The largest absolute Gasteiger partial charge is 0.391 e. The van der Waals surface area contributed by atoms with Crippen LogP contribution in [0, 0.1) is 11.3 Å². The number of hydrogen-bond donors (Lipinski definition) is 2. The fourth-order valence-corrected chi connectivity index (χ4v) is 1.46. The van der Waals surface area contributed by atoms with Gasteiger partial charge >= 0.3 is 0 Å². The number of hydrogen-bond acceptors (Lipinski definition) is 2. The van der Waals surface area contributed by atoms with E-state index in [0.717, 1.165) is 6.42 Å². The van der Waals surface area contributed by atoms with Gasteiger partial charge in [-0.15, -0.1) is 0 Å². The molecule has 0 fully saturated rings. The lowest BCUT2D eigenvalue weighted by molar-refractivity contribution is 0.682. The lowest BCUT2D eigenvalue weighted by Gasteiger charge is -2.03. The third-order valence-corrected chi connectivity index (χ3v) is 2.16. The molecule has 1 aliphatic rings. The summed E-state index contributed by atoms with van der Waals surface area (Å²) in [7, 11) is 1.93. The Morgan fingerprint density at radius 1 is 1.70 bits per heavy atom. The molecule has 2 N–H and O–H groups in total. The molecule has 2 heteroatoms. The van der Waals surface area contributed by atoms with Gasteiger partial charge in [0.1, 0.15) is 0 Å². The van der Waals surface area contributed by atoms with Gasteiger partial charge in [0.2, 0.25) is 0 Å². The summed E-state index contributed by atoms with van der Waals surface area (Å²) in [6.45, 7) is 2.17. The van der Waals surface area contributed by atoms with E-state index in [0.29, 0.717) is 5.92 Å². The van der Waals surface area contributed by atoms with Crippen molar-refractivity contribution in [3.8, 4) is 0 Å². The highest BCUT2D eigenvalue weighted by Gasteiger charge is 2.18. The van der Waals surface area contributed by atoms with Crippen LogP contribution < -0.4 is 5.32 Å². The molecule has 0 radical (unpaired) electrons. The normalized spacial score (nSPS) is 25.2. The zero-order valence-electron chi connectivity index (χ0n) is 6.57. The Morgan fingerprint density at radius 2 is 2.40 bits per heavy atom. The molecule has 0 saturated heterocycles. The first-order valence-corrected chi connectivity index (χ1v) is 3.71. The Morgan fingerprint density at radius 3 is 2.80 bits per heavy atom. The van der Waals surface area contributed by atoms with E-state index in [1.54, 1.807) is 0 Å². The van der Waals surface area contributed by atoms with Gasteiger partial charge in [-0.25, -0.2) is 0 Å². The summed E-state index contributed by atoms with van der Waals surface area (Å²) in [4.78, 5) is 0. The molecule has 1 aliphatic carbocycles. The van der Waals surface area contributed by atoms with Crippen LogP contribution in [0.25, 0.3) is 0 Å². The number of allylic oxidation sites excluding steroid dienone is 2. The zero-order chi connectivity index (χ0) is 7.56. The van der Waals surface area contributed by atoms with E-state index in [1.165, 1.54) is 23.9 Å². The maximum atomic E-state index is 7.14. The second-order valence-corrected chi connectivity index (χ2v) is 2.77. The highest BCUT2D eigenvalue weighted by Crippen LogP contribution is 2.27. The van der Waals surface area contributed by atoms with Crippen molar-refractivity contribution in [3.05, 3.63) is 11.3 Å². The highest BCUT2D eigenvalue weighted by atomic mass is 14.8. The van der Waals surface area contributed by atoms with E-state index in [2.05, 4.69) is 12.2 Å². The predicted octanol–water partition coefficient (Wildman–Crippen LogP) is 1.54. The molecule has 1 atom stereocenters. The Hall–Kier alpha value is -0.790. The minimum absolute atomic E-state index is 0.583. The van der Waals surface area contributed by atoms with Crippen LogP contribution in [0.2, 0.25) is 0 Å². The van der Waals surface area contributed by atoms with Crippen molar-refractivity contribution in [1.29, 1.82) is 5.41 Å². The molecule has 0 heterocycles. The topological polar surface area (TPSA) is 35.9 Å². The van der Waals surface area contributed by atoms with Gasteiger partial charge in [0.25, 0.3) is 0 Å². The Kier molecular flexibility index (Phi) is 2.10. The molecule has 0 spiro atoms. The van der Waals surface area contributed by atoms with Crippen molar-refractivity contribution in [2.24, 2.45) is 5.92 Å². The Balaban J connectivity index is 2.80. The Labute approximate surface area is 61.8 Å². The summed E-state index contributed by atoms with van der Waals surface area (Å²) < 4.78 is 0. The van der Waals surface area contributed by atoms with Crippen LogP contribution in [0.4, 0.5) is 0 Å². The molecule has 0 bridgehead atoms. The van der Waals surface area contributed by atoms with Crippen molar-refractivity contribution in [2.75, 3.05) is 7.05 Å². The summed E-state index contributed by atoms with van der Waals surface area (Å²) in [5.41, 5.74) is 2.44. The third kappa shape index (κ3) is 1.06. The van der Waals surface area contributed by atoms with Crippen LogP contribution in [-0.4, -0.2) is 13.3 Å². The fraction of sp³-hybridized carbons (Fsp3) is 0.625. The summed E-state index contributed by atoms with van der Waals surface area (Å²) in [6.07, 6.45) is 3.78. The SMILES string of the molecule is CNC1=C(C=N)[C@H](C)CC1. The van der Waals surface area contributed by atoms with Crippen molar-refractivity contribution in [2.45, 2.75) is 19.8 Å². The van der Waals surface area contributed by atoms with Gasteiger partial charge in [0.15, 0.2) is 0 Å². The van der Waals surface area contributed by atoms with Gasteiger partial charge in [-0.2, -0.15) is 0 Å². The Bertz CT molecular complexity index is 170. The zero-order valence-corrected chi connectivity index (χ0v) is 6.57. The first-order valence-electron chi connectivity index (χ1n) is 3.71. The quantitative estimate of drug-likeness (QED) is 0.558. The molecule has 0 amide bonds. The summed E-state index contributed by atoms with van der Waals surface area (Å²) >= 11 is 0. The van der Waals surface area contributed by atoms with Crippen molar-refractivity contribution in [3.63, 3.8) is 0 Å². The van der Waals surface area contributed by atoms with E-state index in [4.69, 9.17) is 5.41 Å². The van der Waals surface area contributed by atoms with Gasteiger partial charge in [-0.05, 0) is 24.3 Å². The maximum absolute atomic E-state index is 7.14. The van der Waals surface area contributed by atoms with Gasteiger partial charge in [-0.1, -0.05) is 6.92 Å². The van der Waals surface area contributed by atoms with Crippen LogP contribution >= 0.6 is 0 Å². The molecule has 0 aromatic rings. The summed E-state index contributed by atoms with van der Waals surface area (Å²) in [5, 5.41) is 10.3. The first-order chi connectivity index (χ1) is 4.79. The molecule has 0 saturated carbocycles. The van der Waals surface area contributed by atoms with E-state index in [-0.39, 0.29) is 0 Å². The maximum Gasteiger partial charge on any atom is 0.0229 e. The van der Waals surface area contributed by atoms with Crippen LogP contribution in [0.15, 0.2) is 11.3 Å². The molecule has 10 heavy (non-hydrogen) atoms. The lowest BCUT2D eigenvalue weighted by Crippen LogP contribution is -2.06. The van der Waals surface area contributed by atoms with Crippen LogP contribution in [0.5, 0.6) is 0 Å². The van der Waals surface area contributed by atoms with Gasteiger partial charge in [0, 0.05) is 19.0 Å². The molecule has 0 unspecified atom stereocenters. The van der Waals surface area contributed by atoms with E-state index < -0.39 is 0 Å². The standard InChI is InChI=1S/C8H14N2/c1-6-3-4-8(10-2)7(6)5-9/h5-6,9-10H,3-4H2,1-2H3/t6-/m1/s1. The van der Waals surface area contributed by atoms with Gasteiger partial charge in [-0.3, -0.25) is 0 Å².